The fourth-order valence-electron chi connectivity index (χ4n) is 3.48. The fourth-order valence-corrected chi connectivity index (χ4v) is 5.13. The standard InChI is InChI=1S/C26H29NO4S/c1-26(2,3)21-15-14-20(25(16-21)31-18-24-17-30-24)19-32(28,29)27(22-10-6-4-7-11-22)23-12-8-5-9-13-23/h4-16,24H,17-19H2,1-3H3. The van der Waals surface area contributed by atoms with Crippen molar-refractivity contribution < 1.29 is 17.9 Å². The van der Waals surface area contributed by atoms with Gasteiger partial charge in [-0.2, -0.15) is 0 Å². The van der Waals surface area contributed by atoms with E-state index in [2.05, 4.69) is 20.8 Å². The number of para-hydroxylation sites is 2. The predicted octanol–water partition coefficient (Wildman–Crippen LogP) is 5.43. The molecule has 0 amide bonds. The number of ether oxygens (including phenoxy) is 2. The molecule has 168 valence electrons. The third kappa shape index (κ3) is 5.31. The van der Waals surface area contributed by atoms with E-state index in [-0.39, 0.29) is 17.3 Å². The quantitative estimate of drug-likeness (QED) is 0.429. The lowest BCUT2D eigenvalue weighted by atomic mass is 9.86. The van der Waals surface area contributed by atoms with Gasteiger partial charge in [-0.1, -0.05) is 69.3 Å². The Labute approximate surface area is 190 Å². The van der Waals surface area contributed by atoms with Crippen molar-refractivity contribution in [1.29, 1.82) is 0 Å². The molecular formula is C26H29NO4S. The molecule has 1 aliphatic rings. The minimum Gasteiger partial charge on any atom is -0.490 e. The van der Waals surface area contributed by atoms with Crippen LogP contribution in [0, 0.1) is 0 Å². The minimum absolute atomic E-state index is 0.0777. The highest BCUT2D eigenvalue weighted by atomic mass is 32.2. The number of sulfonamides is 1. The maximum Gasteiger partial charge on any atom is 0.243 e. The van der Waals surface area contributed by atoms with E-state index in [0.717, 1.165) is 5.56 Å². The highest BCUT2D eigenvalue weighted by Gasteiger charge is 2.28. The van der Waals surface area contributed by atoms with E-state index < -0.39 is 10.0 Å². The molecule has 3 aromatic carbocycles. The lowest BCUT2D eigenvalue weighted by Crippen LogP contribution is -2.28. The van der Waals surface area contributed by atoms with Crippen LogP contribution in [0.3, 0.4) is 0 Å². The van der Waals surface area contributed by atoms with Crippen molar-refractivity contribution >= 4 is 21.4 Å². The zero-order chi connectivity index (χ0) is 22.8. The van der Waals surface area contributed by atoms with Crippen LogP contribution in [0.4, 0.5) is 11.4 Å². The summed E-state index contributed by atoms with van der Waals surface area (Å²) in [6.45, 7) is 7.47. The molecule has 0 radical (unpaired) electrons. The Bertz CT molecular complexity index is 1110. The summed E-state index contributed by atoms with van der Waals surface area (Å²) in [5.74, 6) is 0.416. The summed E-state index contributed by atoms with van der Waals surface area (Å²) in [7, 11) is -3.75. The molecule has 6 heteroatoms. The van der Waals surface area contributed by atoms with Crippen LogP contribution >= 0.6 is 0 Å². The Morgan fingerprint density at radius 2 is 1.50 bits per heavy atom. The van der Waals surface area contributed by atoms with Crippen LogP contribution in [0.2, 0.25) is 0 Å². The van der Waals surface area contributed by atoms with E-state index in [1.54, 1.807) is 24.3 Å². The van der Waals surface area contributed by atoms with Gasteiger partial charge >= 0.3 is 0 Å². The van der Waals surface area contributed by atoms with Crippen LogP contribution in [-0.2, 0) is 25.9 Å². The number of anilines is 2. The molecule has 1 atom stereocenters. The van der Waals surface area contributed by atoms with Gasteiger partial charge in [0.05, 0.1) is 23.7 Å². The zero-order valence-corrected chi connectivity index (χ0v) is 19.5. The SMILES string of the molecule is CC(C)(C)c1ccc(CS(=O)(=O)N(c2ccccc2)c2ccccc2)c(OCC2CO2)c1. The van der Waals surface area contributed by atoms with Crippen LogP contribution in [0.25, 0.3) is 0 Å². The van der Waals surface area contributed by atoms with Crippen molar-refractivity contribution in [2.24, 2.45) is 0 Å². The van der Waals surface area contributed by atoms with E-state index >= 15 is 0 Å². The molecule has 4 rings (SSSR count). The van der Waals surface area contributed by atoms with Crippen LogP contribution in [0.5, 0.6) is 5.75 Å². The summed E-state index contributed by atoms with van der Waals surface area (Å²) >= 11 is 0. The van der Waals surface area contributed by atoms with E-state index in [9.17, 15) is 8.42 Å². The molecule has 1 unspecified atom stereocenters. The number of hydrogen-bond acceptors (Lipinski definition) is 4. The molecule has 0 saturated carbocycles. The second-order valence-electron chi connectivity index (χ2n) is 9.03. The summed E-state index contributed by atoms with van der Waals surface area (Å²) in [5, 5.41) is 0. The molecule has 5 nitrogen and oxygen atoms in total. The molecule has 0 aliphatic carbocycles. The number of hydrogen-bond donors (Lipinski definition) is 0. The van der Waals surface area contributed by atoms with Gasteiger partial charge in [-0.15, -0.1) is 0 Å². The van der Waals surface area contributed by atoms with Crippen molar-refractivity contribution in [3.63, 3.8) is 0 Å². The number of nitrogens with zero attached hydrogens (tertiary/aromatic N) is 1. The first-order valence-corrected chi connectivity index (χ1v) is 12.4. The molecule has 1 heterocycles. The average Bonchev–Trinajstić information content (AvgIpc) is 3.58. The van der Waals surface area contributed by atoms with Crippen LogP contribution < -0.4 is 9.04 Å². The third-order valence-electron chi connectivity index (χ3n) is 5.36. The van der Waals surface area contributed by atoms with Crippen molar-refractivity contribution in [1.82, 2.24) is 0 Å². The normalized spacial score (nSPS) is 15.9. The molecule has 3 aromatic rings. The first-order valence-electron chi connectivity index (χ1n) is 10.7. The predicted molar refractivity (Wildman–Crippen MR) is 128 cm³/mol. The largest absolute Gasteiger partial charge is 0.490 e. The van der Waals surface area contributed by atoms with Gasteiger partial charge in [-0.3, -0.25) is 0 Å². The highest BCUT2D eigenvalue weighted by molar-refractivity contribution is 7.92. The summed E-state index contributed by atoms with van der Waals surface area (Å²) in [4.78, 5) is 0. The topological polar surface area (TPSA) is 59.1 Å². The Morgan fingerprint density at radius 1 is 0.938 bits per heavy atom. The average molecular weight is 452 g/mol. The summed E-state index contributed by atoms with van der Waals surface area (Å²) in [6, 6.07) is 24.1. The Morgan fingerprint density at radius 3 is 2.00 bits per heavy atom. The van der Waals surface area contributed by atoms with Gasteiger partial charge in [0.25, 0.3) is 0 Å². The highest BCUT2D eigenvalue weighted by Crippen LogP contribution is 2.34. The van der Waals surface area contributed by atoms with Crippen LogP contribution in [0.15, 0.2) is 78.9 Å². The zero-order valence-electron chi connectivity index (χ0n) is 18.7. The molecule has 0 bridgehead atoms. The first kappa shape index (κ1) is 22.4. The van der Waals surface area contributed by atoms with Crippen molar-refractivity contribution in [2.75, 3.05) is 17.5 Å². The van der Waals surface area contributed by atoms with Gasteiger partial charge in [-0.25, -0.2) is 12.7 Å². The van der Waals surface area contributed by atoms with E-state index in [0.29, 0.717) is 35.9 Å². The molecule has 0 aromatic heterocycles. The van der Waals surface area contributed by atoms with E-state index in [1.165, 1.54) is 4.31 Å². The van der Waals surface area contributed by atoms with Crippen LogP contribution in [0.1, 0.15) is 31.9 Å². The molecule has 32 heavy (non-hydrogen) atoms. The first-order chi connectivity index (χ1) is 15.2. The van der Waals surface area contributed by atoms with Gasteiger partial charge in [0, 0.05) is 5.56 Å². The van der Waals surface area contributed by atoms with Gasteiger partial charge in [-0.05, 0) is 41.3 Å². The second kappa shape index (κ2) is 8.96. The monoisotopic (exact) mass is 451 g/mol. The fraction of sp³-hybridized carbons (Fsp3) is 0.308. The van der Waals surface area contributed by atoms with Gasteiger partial charge < -0.3 is 9.47 Å². The smallest absolute Gasteiger partial charge is 0.243 e. The van der Waals surface area contributed by atoms with Gasteiger partial charge in [0.1, 0.15) is 18.5 Å². The van der Waals surface area contributed by atoms with E-state index in [4.69, 9.17) is 9.47 Å². The second-order valence-corrected chi connectivity index (χ2v) is 10.8. The number of benzene rings is 3. The Hall–Kier alpha value is -2.83. The summed E-state index contributed by atoms with van der Waals surface area (Å²) in [5.41, 5.74) is 2.84. The minimum atomic E-state index is -3.75. The molecule has 1 aliphatic heterocycles. The lowest BCUT2D eigenvalue weighted by molar-refractivity contribution is 0.261. The molecule has 1 fully saturated rings. The maximum atomic E-state index is 13.7. The van der Waals surface area contributed by atoms with Crippen LogP contribution in [-0.4, -0.2) is 27.7 Å². The van der Waals surface area contributed by atoms with Crippen molar-refractivity contribution in [2.45, 2.75) is 38.0 Å². The summed E-state index contributed by atoms with van der Waals surface area (Å²) in [6.07, 6.45) is 0.0860. The Kier molecular flexibility index (Phi) is 6.26. The summed E-state index contributed by atoms with van der Waals surface area (Å²) < 4.78 is 40.2. The third-order valence-corrected chi connectivity index (χ3v) is 7.01. The maximum absolute atomic E-state index is 13.7. The van der Waals surface area contributed by atoms with Gasteiger partial charge in [0.15, 0.2) is 0 Å². The number of rotatable bonds is 8. The molecule has 0 N–H and O–H groups in total. The van der Waals surface area contributed by atoms with Crippen molar-refractivity contribution in [3.8, 4) is 5.75 Å². The van der Waals surface area contributed by atoms with Gasteiger partial charge in [0.2, 0.25) is 10.0 Å². The Balaban J connectivity index is 1.71. The van der Waals surface area contributed by atoms with E-state index in [1.807, 2.05) is 54.6 Å². The molecule has 0 spiro atoms. The lowest BCUT2D eigenvalue weighted by Gasteiger charge is -2.26. The molecular weight excluding hydrogens is 422 g/mol. The molecule has 1 saturated heterocycles. The van der Waals surface area contributed by atoms with Crippen molar-refractivity contribution in [3.05, 3.63) is 90.0 Å². The number of epoxide rings is 1.